The zero-order valence-electron chi connectivity index (χ0n) is 14.6. The van der Waals surface area contributed by atoms with E-state index in [4.69, 9.17) is 4.74 Å². The molecule has 0 aromatic carbocycles. The first kappa shape index (κ1) is 18.4. The molecule has 6 nitrogen and oxygen atoms in total. The van der Waals surface area contributed by atoms with Crippen molar-refractivity contribution in [2.24, 2.45) is 0 Å². The van der Waals surface area contributed by atoms with Crippen molar-refractivity contribution in [3.63, 3.8) is 0 Å². The van der Waals surface area contributed by atoms with Crippen LogP contribution < -0.4 is 0 Å². The Morgan fingerprint density at radius 2 is 2.09 bits per heavy atom. The number of nitrogens with zero attached hydrogens (tertiary/aromatic N) is 2. The lowest BCUT2D eigenvalue weighted by molar-refractivity contribution is 0.0620. The van der Waals surface area contributed by atoms with Crippen LogP contribution >= 0.6 is 0 Å². The van der Waals surface area contributed by atoms with Gasteiger partial charge in [-0.25, -0.2) is 13.4 Å². The molecule has 1 fully saturated rings. The highest BCUT2D eigenvalue weighted by molar-refractivity contribution is 7.89. The summed E-state index contributed by atoms with van der Waals surface area (Å²) in [6.07, 6.45) is 5.23. The number of aromatic nitrogens is 2. The van der Waals surface area contributed by atoms with Gasteiger partial charge in [0.15, 0.2) is 5.03 Å². The molecule has 2 rings (SSSR count). The molecule has 1 aliphatic heterocycles. The molecule has 23 heavy (non-hydrogen) atoms. The molecule has 1 saturated heterocycles. The van der Waals surface area contributed by atoms with Crippen LogP contribution in [0.1, 0.15) is 65.1 Å². The van der Waals surface area contributed by atoms with E-state index in [0.717, 1.165) is 25.7 Å². The lowest BCUT2D eigenvalue weighted by Crippen LogP contribution is -2.44. The fourth-order valence-corrected chi connectivity index (χ4v) is 4.53. The third-order valence-corrected chi connectivity index (χ3v) is 6.04. The van der Waals surface area contributed by atoms with Gasteiger partial charge in [-0.05, 0) is 33.1 Å². The van der Waals surface area contributed by atoms with Crippen molar-refractivity contribution >= 4 is 10.0 Å². The number of hydrogen-bond acceptors (Lipinski definition) is 4. The second-order valence-electron chi connectivity index (χ2n) is 6.76. The molecule has 0 bridgehead atoms. The summed E-state index contributed by atoms with van der Waals surface area (Å²) >= 11 is 0. The Labute approximate surface area is 139 Å². The smallest absolute Gasteiger partial charge is 0.260 e. The topological polar surface area (TPSA) is 75.3 Å². The van der Waals surface area contributed by atoms with Gasteiger partial charge in [0.25, 0.3) is 10.0 Å². The Morgan fingerprint density at radius 3 is 2.70 bits per heavy atom. The van der Waals surface area contributed by atoms with Crippen LogP contribution in [0.25, 0.3) is 0 Å². The van der Waals surface area contributed by atoms with Crippen molar-refractivity contribution in [1.82, 2.24) is 14.3 Å². The van der Waals surface area contributed by atoms with E-state index in [9.17, 15) is 8.42 Å². The molecule has 7 heteroatoms. The van der Waals surface area contributed by atoms with Gasteiger partial charge >= 0.3 is 0 Å². The van der Waals surface area contributed by atoms with Crippen molar-refractivity contribution in [2.75, 3.05) is 13.2 Å². The maximum atomic E-state index is 12.9. The Bertz CT molecular complexity index is 595. The average Bonchev–Trinajstić information content (AvgIpc) is 2.98. The van der Waals surface area contributed by atoms with Gasteiger partial charge in [0.1, 0.15) is 5.82 Å². The van der Waals surface area contributed by atoms with E-state index in [-0.39, 0.29) is 23.1 Å². The van der Waals surface area contributed by atoms with Crippen LogP contribution in [0.3, 0.4) is 0 Å². The highest BCUT2D eigenvalue weighted by atomic mass is 32.2. The van der Waals surface area contributed by atoms with E-state index < -0.39 is 10.0 Å². The van der Waals surface area contributed by atoms with E-state index in [1.807, 2.05) is 27.7 Å². The molecule has 1 N–H and O–H groups in total. The van der Waals surface area contributed by atoms with Gasteiger partial charge in [-0.3, -0.25) is 0 Å². The van der Waals surface area contributed by atoms with Gasteiger partial charge in [-0.2, -0.15) is 4.31 Å². The minimum absolute atomic E-state index is 0.0123. The Morgan fingerprint density at radius 1 is 1.35 bits per heavy atom. The minimum Gasteiger partial charge on any atom is -0.379 e. The Hall–Kier alpha value is -0.920. The second kappa shape index (κ2) is 7.77. The molecule has 0 unspecified atom stereocenters. The fourth-order valence-electron chi connectivity index (χ4n) is 2.89. The molecular formula is C16H29N3O3S. The lowest BCUT2D eigenvalue weighted by atomic mass is 10.0. The van der Waals surface area contributed by atoms with Crippen LogP contribution in [0.15, 0.2) is 11.2 Å². The highest BCUT2D eigenvalue weighted by Gasteiger charge is 2.34. The number of imidazole rings is 1. The van der Waals surface area contributed by atoms with Crippen molar-refractivity contribution in [3.05, 3.63) is 12.0 Å². The van der Waals surface area contributed by atoms with E-state index in [2.05, 4.69) is 9.97 Å². The summed E-state index contributed by atoms with van der Waals surface area (Å²) in [6, 6.07) is 0.0123. The number of piperidine rings is 1. The molecule has 0 spiro atoms. The van der Waals surface area contributed by atoms with Gasteiger partial charge in [0.2, 0.25) is 0 Å². The van der Waals surface area contributed by atoms with Crippen LogP contribution in [0.4, 0.5) is 0 Å². The van der Waals surface area contributed by atoms with Crippen LogP contribution in [0.5, 0.6) is 0 Å². The molecule has 0 radical (unpaired) electrons. The van der Waals surface area contributed by atoms with E-state index in [1.165, 1.54) is 6.20 Å². The van der Waals surface area contributed by atoms with E-state index in [1.54, 1.807) is 4.31 Å². The quantitative estimate of drug-likeness (QED) is 0.826. The number of nitrogens with one attached hydrogen (secondary N) is 1. The molecule has 132 valence electrons. The number of sulfonamides is 1. The summed E-state index contributed by atoms with van der Waals surface area (Å²) in [5.41, 5.74) is 0. The third-order valence-electron chi connectivity index (χ3n) is 4.18. The van der Waals surface area contributed by atoms with Gasteiger partial charge in [0, 0.05) is 25.1 Å². The maximum Gasteiger partial charge on any atom is 0.260 e. The summed E-state index contributed by atoms with van der Waals surface area (Å²) in [6.45, 7) is 9.13. The zero-order valence-corrected chi connectivity index (χ0v) is 15.4. The largest absolute Gasteiger partial charge is 0.379 e. The van der Waals surface area contributed by atoms with Crippen LogP contribution in [-0.4, -0.2) is 48.0 Å². The van der Waals surface area contributed by atoms with Gasteiger partial charge in [0.05, 0.1) is 12.3 Å². The predicted molar refractivity (Wildman–Crippen MR) is 89.9 cm³/mol. The van der Waals surface area contributed by atoms with Crippen molar-refractivity contribution in [1.29, 1.82) is 0 Å². The molecule has 0 saturated carbocycles. The fraction of sp³-hybridized carbons (Fsp3) is 0.812. The molecule has 1 atom stereocenters. The normalized spacial score (nSPS) is 20.5. The third kappa shape index (κ3) is 4.55. The first-order valence-electron chi connectivity index (χ1n) is 8.50. The lowest BCUT2D eigenvalue weighted by Gasteiger charge is -2.34. The summed E-state index contributed by atoms with van der Waals surface area (Å²) in [5.74, 6) is 0.885. The molecule has 1 aromatic heterocycles. The predicted octanol–water partition coefficient (Wildman–Crippen LogP) is 2.89. The monoisotopic (exact) mass is 343 g/mol. The SMILES string of the molecule is CC(C)OCC[C@H]1CCCCN1S(=O)(=O)c1cnc(C(C)C)[nH]1. The second-order valence-corrected chi connectivity index (χ2v) is 8.62. The first-order valence-corrected chi connectivity index (χ1v) is 9.94. The minimum atomic E-state index is -3.51. The van der Waals surface area contributed by atoms with Crippen molar-refractivity contribution in [3.8, 4) is 0 Å². The zero-order chi connectivity index (χ0) is 17.0. The molecule has 1 aromatic rings. The first-order chi connectivity index (χ1) is 10.8. The van der Waals surface area contributed by atoms with E-state index in [0.29, 0.717) is 19.0 Å². The van der Waals surface area contributed by atoms with Crippen LogP contribution in [0.2, 0.25) is 0 Å². The van der Waals surface area contributed by atoms with Crippen LogP contribution in [-0.2, 0) is 14.8 Å². The number of rotatable bonds is 7. The Balaban J connectivity index is 2.13. The van der Waals surface area contributed by atoms with Crippen molar-refractivity contribution < 1.29 is 13.2 Å². The van der Waals surface area contributed by atoms with Gasteiger partial charge < -0.3 is 9.72 Å². The standard InChI is InChI=1S/C16H29N3O3S/c1-12(2)16-17-11-15(18-16)23(20,21)19-9-6-5-7-14(19)8-10-22-13(3)4/h11-14H,5-10H2,1-4H3,(H,17,18)/t14-/m1/s1. The van der Waals surface area contributed by atoms with Crippen molar-refractivity contribution in [2.45, 2.75) is 76.5 Å². The molecular weight excluding hydrogens is 314 g/mol. The summed E-state index contributed by atoms with van der Waals surface area (Å²) < 4.78 is 33.1. The van der Waals surface area contributed by atoms with Gasteiger partial charge in [-0.15, -0.1) is 0 Å². The summed E-state index contributed by atoms with van der Waals surface area (Å²) in [4.78, 5) is 7.17. The number of aromatic amines is 1. The molecule has 0 aliphatic carbocycles. The van der Waals surface area contributed by atoms with Crippen LogP contribution in [0, 0.1) is 0 Å². The van der Waals surface area contributed by atoms with Gasteiger partial charge in [-0.1, -0.05) is 20.3 Å². The molecule has 2 heterocycles. The molecule has 1 aliphatic rings. The number of hydrogen-bond donors (Lipinski definition) is 1. The van der Waals surface area contributed by atoms with E-state index >= 15 is 0 Å². The average molecular weight is 343 g/mol. The summed E-state index contributed by atoms with van der Waals surface area (Å²) in [7, 11) is -3.51. The maximum absolute atomic E-state index is 12.9. The highest BCUT2D eigenvalue weighted by Crippen LogP contribution is 2.27. The number of ether oxygens (including phenoxy) is 1. The number of H-pyrrole nitrogens is 1. The molecule has 0 amide bonds. The summed E-state index contributed by atoms with van der Waals surface area (Å²) in [5, 5.41) is 0.206. The Kier molecular flexibility index (Phi) is 6.22.